The number of rotatable bonds is 7. The van der Waals surface area contributed by atoms with Crippen molar-refractivity contribution in [3.05, 3.63) is 53.3 Å². The standard InChI is InChI=1S/C22H34N6.HI/c1-5-27(6-2)15-19-9-7-8-18(12-19)13-24-22(23-3)28-11-10-20(17-28)21-14-25-26(4)16-21;/h7-9,12,14,16,20H,5-6,10-11,13,15,17H2,1-4H3,(H,23,24);1H. The van der Waals surface area contributed by atoms with Gasteiger partial charge in [0.05, 0.1) is 6.20 Å². The molecule has 0 aliphatic carbocycles. The predicted octanol–water partition coefficient (Wildman–Crippen LogP) is 3.44. The van der Waals surface area contributed by atoms with E-state index < -0.39 is 0 Å². The number of nitrogens with one attached hydrogen (secondary N) is 1. The Hall–Kier alpha value is -1.61. The number of hydrogen-bond acceptors (Lipinski definition) is 3. The summed E-state index contributed by atoms with van der Waals surface area (Å²) in [7, 11) is 3.85. The zero-order chi connectivity index (χ0) is 19.9. The molecule has 1 unspecified atom stereocenters. The highest BCUT2D eigenvalue weighted by molar-refractivity contribution is 14.0. The second-order valence-electron chi connectivity index (χ2n) is 7.56. The van der Waals surface area contributed by atoms with Crippen molar-refractivity contribution in [3.63, 3.8) is 0 Å². The molecule has 2 heterocycles. The number of nitrogens with zero attached hydrogens (tertiary/aromatic N) is 5. The number of likely N-dealkylation sites (tertiary alicyclic amines) is 1. The molecule has 1 fully saturated rings. The van der Waals surface area contributed by atoms with Crippen molar-refractivity contribution in [3.8, 4) is 0 Å². The Bertz CT molecular complexity index is 783. The fourth-order valence-corrected chi connectivity index (χ4v) is 3.93. The Kier molecular flexibility index (Phi) is 9.42. The molecule has 3 rings (SSSR count). The van der Waals surface area contributed by atoms with Crippen LogP contribution in [0.2, 0.25) is 0 Å². The van der Waals surface area contributed by atoms with Crippen LogP contribution >= 0.6 is 24.0 Å². The maximum absolute atomic E-state index is 4.52. The minimum atomic E-state index is 0. The van der Waals surface area contributed by atoms with E-state index in [0.717, 1.165) is 51.6 Å². The topological polar surface area (TPSA) is 48.7 Å². The SMILES string of the molecule is CCN(CC)Cc1cccc(CNC(=NC)N2CCC(c3cnn(C)c3)C2)c1.I. The molecule has 29 heavy (non-hydrogen) atoms. The number of benzene rings is 1. The molecule has 0 radical (unpaired) electrons. The number of aliphatic imine (C=N–C) groups is 1. The lowest BCUT2D eigenvalue weighted by Gasteiger charge is -2.22. The second kappa shape index (κ2) is 11.5. The van der Waals surface area contributed by atoms with Gasteiger partial charge in [-0.2, -0.15) is 5.10 Å². The number of halogens is 1. The summed E-state index contributed by atoms with van der Waals surface area (Å²) < 4.78 is 1.89. The lowest BCUT2D eigenvalue weighted by molar-refractivity contribution is 0.296. The van der Waals surface area contributed by atoms with Gasteiger partial charge in [0, 0.05) is 52.4 Å². The first kappa shape index (κ1) is 23.7. The van der Waals surface area contributed by atoms with E-state index in [2.05, 4.69) is 69.5 Å². The van der Waals surface area contributed by atoms with Gasteiger partial charge in [0.2, 0.25) is 0 Å². The highest BCUT2D eigenvalue weighted by Gasteiger charge is 2.26. The smallest absolute Gasteiger partial charge is 0.193 e. The van der Waals surface area contributed by atoms with Gasteiger partial charge in [0.1, 0.15) is 0 Å². The van der Waals surface area contributed by atoms with Crippen molar-refractivity contribution < 1.29 is 0 Å². The van der Waals surface area contributed by atoms with E-state index in [0.29, 0.717) is 5.92 Å². The number of aromatic nitrogens is 2. The van der Waals surface area contributed by atoms with Crippen molar-refractivity contribution >= 4 is 29.9 Å². The van der Waals surface area contributed by atoms with Crippen molar-refractivity contribution in [1.82, 2.24) is 24.9 Å². The molecule has 160 valence electrons. The van der Waals surface area contributed by atoms with Gasteiger partial charge >= 0.3 is 0 Å². The highest BCUT2D eigenvalue weighted by Crippen LogP contribution is 2.26. The third-order valence-electron chi connectivity index (χ3n) is 5.64. The van der Waals surface area contributed by atoms with Gasteiger partial charge in [-0.1, -0.05) is 38.1 Å². The first-order valence-corrected chi connectivity index (χ1v) is 10.4. The number of hydrogen-bond donors (Lipinski definition) is 1. The molecule has 1 N–H and O–H groups in total. The van der Waals surface area contributed by atoms with E-state index in [-0.39, 0.29) is 24.0 Å². The maximum Gasteiger partial charge on any atom is 0.193 e. The molecule has 1 saturated heterocycles. The van der Waals surface area contributed by atoms with Crippen molar-refractivity contribution in [2.45, 2.75) is 39.3 Å². The van der Waals surface area contributed by atoms with Gasteiger partial charge in [-0.05, 0) is 36.2 Å². The van der Waals surface area contributed by atoms with Crippen LogP contribution in [0.15, 0.2) is 41.7 Å². The first-order chi connectivity index (χ1) is 13.6. The van der Waals surface area contributed by atoms with Crippen LogP contribution in [0.5, 0.6) is 0 Å². The van der Waals surface area contributed by atoms with Gasteiger partial charge in [-0.25, -0.2) is 0 Å². The van der Waals surface area contributed by atoms with Gasteiger partial charge in [0.15, 0.2) is 5.96 Å². The summed E-state index contributed by atoms with van der Waals surface area (Å²) in [5.74, 6) is 1.52. The Labute approximate surface area is 192 Å². The summed E-state index contributed by atoms with van der Waals surface area (Å²) in [5, 5.41) is 7.87. The van der Waals surface area contributed by atoms with Crippen LogP contribution in [0.1, 0.15) is 42.9 Å². The largest absolute Gasteiger partial charge is 0.352 e. The zero-order valence-electron chi connectivity index (χ0n) is 18.1. The third kappa shape index (κ3) is 6.44. The third-order valence-corrected chi connectivity index (χ3v) is 5.64. The van der Waals surface area contributed by atoms with Crippen LogP contribution in [0.3, 0.4) is 0 Å². The second-order valence-corrected chi connectivity index (χ2v) is 7.56. The van der Waals surface area contributed by atoms with Gasteiger partial charge in [0.25, 0.3) is 0 Å². The molecule has 7 heteroatoms. The Morgan fingerprint density at radius 2 is 2.03 bits per heavy atom. The lowest BCUT2D eigenvalue weighted by atomic mass is 10.0. The van der Waals surface area contributed by atoms with E-state index in [1.54, 1.807) is 0 Å². The van der Waals surface area contributed by atoms with Crippen LogP contribution in [-0.2, 0) is 20.1 Å². The quantitative estimate of drug-likeness (QED) is 0.352. The number of aryl methyl sites for hydroxylation is 1. The van der Waals surface area contributed by atoms with E-state index in [9.17, 15) is 0 Å². The predicted molar refractivity (Wildman–Crippen MR) is 131 cm³/mol. The minimum absolute atomic E-state index is 0. The molecule has 0 saturated carbocycles. The molecule has 1 aromatic carbocycles. The Morgan fingerprint density at radius 3 is 2.69 bits per heavy atom. The summed E-state index contributed by atoms with van der Waals surface area (Å²) in [6, 6.07) is 8.87. The fourth-order valence-electron chi connectivity index (χ4n) is 3.93. The summed E-state index contributed by atoms with van der Waals surface area (Å²) in [4.78, 5) is 9.32. The molecular weight excluding hydrogens is 475 g/mol. The zero-order valence-corrected chi connectivity index (χ0v) is 20.5. The van der Waals surface area contributed by atoms with Gasteiger partial charge in [-0.3, -0.25) is 14.6 Å². The maximum atomic E-state index is 4.52. The highest BCUT2D eigenvalue weighted by atomic mass is 127. The van der Waals surface area contributed by atoms with E-state index in [1.165, 1.54) is 16.7 Å². The molecule has 6 nitrogen and oxygen atoms in total. The van der Waals surface area contributed by atoms with Crippen molar-refractivity contribution in [2.24, 2.45) is 12.0 Å². The van der Waals surface area contributed by atoms with Gasteiger partial charge < -0.3 is 10.2 Å². The molecule has 0 bridgehead atoms. The Morgan fingerprint density at radius 1 is 1.28 bits per heavy atom. The molecule has 1 aromatic heterocycles. The number of guanidine groups is 1. The van der Waals surface area contributed by atoms with Crippen LogP contribution in [0.4, 0.5) is 0 Å². The van der Waals surface area contributed by atoms with Crippen LogP contribution < -0.4 is 5.32 Å². The molecule has 0 spiro atoms. The molecule has 0 amide bonds. The van der Waals surface area contributed by atoms with E-state index in [4.69, 9.17) is 0 Å². The molecular formula is C22H35IN6. The van der Waals surface area contributed by atoms with Crippen molar-refractivity contribution in [1.29, 1.82) is 0 Å². The average Bonchev–Trinajstić information content (AvgIpc) is 3.36. The van der Waals surface area contributed by atoms with E-state index >= 15 is 0 Å². The molecule has 1 aliphatic heterocycles. The Balaban J connectivity index is 0.00000300. The summed E-state index contributed by atoms with van der Waals surface area (Å²) in [6.07, 6.45) is 5.27. The molecule has 2 aromatic rings. The summed E-state index contributed by atoms with van der Waals surface area (Å²) in [6.45, 7) is 10.4. The van der Waals surface area contributed by atoms with Crippen molar-refractivity contribution in [2.75, 3.05) is 33.2 Å². The van der Waals surface area contributed by atoms with Crippen LogP contribution in [0.25, 0.3) is 0 Å². The monoisotopic (exact) mass is 510 g/mol. The summed E-state index contributed by atoms with van der Waals surface area (Å²) in [5.41, 5.74) is 3.99. The summed E-state index contributed by atoms with van der Waals surface area (Å²) >= 11 is 0. The van der Waals surface area contributed by atoms with Crippen LogP contribution in [0, 0.1) is 0 Å². The normalized spacial score (nSPS) is 16.9. The molecule has 1 aliphatic rings. The molecule has 1 atom stereocenters. The van der Waals surface area contributed by atoms with Gasteiger partial charge in [-0.15, -0.1) is 24.0 Å². The lowest BCUT2D eigenvalue weighted by Crippen LogP contribution is -2.39. The fraction of sp³-hybridized carbons (Fsp3) is 0.545. The first-order valence-electron chi connectivity index (χ1n) is 10.4. The minimum Gasteiger partial charge on any atom is -0.352 e. The van der Waals surface area contributed by atoms with E-state index in [1.807, 2.05) is 25.0 Å². The average molecular weight is 510 g/mol. The van der Waals surface area contributed by atoms with Crippen LogP contribution in [-0.4, -0.2) is 58.8 Å².